The third kappa shape index (κ3) is 3.46. The van der Waals surface area contributed by atoms with Crippen LogP contribution in [0, 0.1) is 0 Å². The minimum absolute atomic E-state index is 0.150. The number of rotatable bonds is 6. The van der Waals surface area contributed by atoms with E-state index in [4.69, 9.17) is 4.42 Å². The molecule has 2 heterocycles. The summed E-state index contributed by atoms with van der Waals surface area (Å²) in [4.78, 5) is 29.1. The van der Waals surface area contributed by atoms with Gasteiger partial charge in [-0.25, -0.2) is 9.78 Å². The number of fused-ring (bicyclic) bond motifs is 1. The van der Waals surface area contributed by atoms with Crippen molar-refractivity contribution in [3.63, 3.8) is 0 Å². The van der Waals surface area contributed by atoms with Gasteiger partial charge < -0.3 is 14.3 Å². The lowest BCUT2D eigenvalue weighted by Gasteiger charge is -2.19. The number of hydrogen-bond donors (Lipinski definition) is 1. The van der Waals surface area contributed by atoms with E-state index < -0.39 is 5.76 Å². The van der Waals surface area contributed by atoms with E-state index in [2.05, 4.69) is 10.3 Å². The van der Waals surface area contributed by atoms with Crippen LogP contribution in [0.2, 0.25) is 0 Å². The van der Waals surface area contributed by atoms with Gasteiger partial charge in [-0.15, -0.1) is 0 Å². The van der Waals surface area contributed by atoms with Crippen LogP contribution in [-0.4, -0.2) is 20.0 Å². The Hall–Kier alpha value is -3.61. The Bertz CT molecular complexity index is 1160. The number of carbonyl (C=O) groups is 1. The highest BCUT2D eigenvalue weighted by Gasteiger charge is 2.21. The Balaban J connectivity index is 1.53. The molecule has 4 aromatic rings. The van der Waals surface area contributed by atoms with Crippen molar-refractivity contribution in [2.24, 2.45) is 7.05 Å². The van der Waals surface area contributed by atoms with Crippen LogP contribution in [0.4, 0.5) is 0 Å². The quantitative estimate of drug-likeness (QED) is 0.561. The highest BCUT2D eigenvalue weighted by Crippen LogP contribution is 2.20. The first-order chi connectivity index (χ1) is 13.6. The molecule has 0 saturated heterocycles. The van der Waals surface area contributed by atoms with Crippen molar-refractivity contribution in [2.75, 3.05) is 0 Å². The number of carbonyl (C=O) groups excluding carboxylic acids is 1. The lowest BCUT2D eigenvalue weighted by molar-refractivity contribution is -0.121. The summed E-state index contributed by atoms with van der Waals surface area (Å²) in [6.45, 7) is 0.240. The number of aryl methyl sites for hydroxylation is 2. The van der Waals surface area contributed by atoms with Crippen molar-refractivity contribution < 1.29 is 9.21 Å². The van der Waals surface area contributed by atoms with Crippen LogP contribution in [0.3, 0.4) is 0 Å². The summed E-state index contributed by atoms with van der Waals surface area (Å²) < 4.78 is 8.58. The second-order valence-corrected chi connectivity index (χ2v) is 6.54. The molecule has 1 unspecified atom stereocenters. The van der Waals surface area contributed by atoms with Crippen molar-refractivity contribution in [2.45, 2.75) is 19.0 Å². The van der Waals surface area contributed by atoms with E-state index in [1.54, 1.807) is 24.4 Å². The van der Waals surface area contributed by atoms with E-state index in [0.717, 1.165) is 11.4 Å². The number of amides is 1. The van der Waals surface area contributed by atoms with Gasteiger partial charge in [0.25, 0.3) is 0 Å². The second kappa shape index (κ2) is 7.56. The molecular formula is C21H20N4O3. The topological polar surface area (TPSA) is 82.1 Å². The van der Waals surface area contributed by atoms with Crippen LogP contribution >= 0.6 is 0 Å². The summed E-state index contributed by atoms with van der Waals surface area (Å²) in [5, 5.41) is 3.04. The molecule has 28 heavy (non-hydrogen) atoms. The Labute approximate surface area is 161 Å². The van der Waals surface area contributed by atoms with E-state index in [9.17, 15) is 9.59 Å². The van der Waals surface area contributed by atoms with E-state index in [1.165, 1.54) is 4.57 Å². The summed E-state index contributed by atoms with van der Waals surface area (Å²) in [6, 6.07) is 16.5. The van der Waals surface area contributed by atoms with Gasteiger partial charge in [-0.05, 0) is 17.7 Å². The molecule has 4 rings (SSSR count). The highest BCUT2D eigenvalue weighted by atomic mass is 16.4. The number of imidazole rings is 1. The average molecular weight is 376 g/mol. The molecule has 0 aliphatic rings. The third-order valence-electron chi connectivity index (χ3n) is 4.69. The number of nitrogens with one attached hydrogen (secondary N) is 1. The molecule has 0 aliphatic carbocycles. The molecule has 1 atom stereocenters. The van der Waals surface area contributed by atoms with Crippen molar-refractivity contribution in [3.8, 4) is 0 Å². The number of para-hydroxylation sites is 2. The van der Waals surface area contributed by atoms with Gasteiger partial charge in [-0.1, -0.05) is 42.5 Å². The maximum absolute atomic E-state index is 12.7. The molecule has 0 radical (unpaired) electrons. The largest absolute Gasteiger partial charge is 0.419 e. The SMILES string of the molecule is Cn1ccnc1C(NC(=O)CCn1c(=O)oc2ccccc21)c1ccccc1. The van der Waals surface area contributed by atoms with Gasteiger partial charge in [0.15, 0.2) is 5.58 Å². The van der Waals surface area contributed by atoms with Crippen LogP contribution in [0.5, 0.6) is 0 Å². The molecule has 0 aliphatic heterocycles. The summed E-state index contributed by atoms with van der Waals surface area (Å²) in [5.74, 6) is 0.109. The smallest absolute Gasteiger partial charge is 0.408 e. The predicted octanol–water partition coefficient (Wildman–Crippen LogP) is 2.62. The number of nitrogens with zero attached hydrogens (tertiary/aromatic N) is 3. The van der Waals surface area contributed by atoms with Gasteiger partial charge in [-0.3, -0.25) is 9.36 Å². The Morgan fingerprint density at radius 1 is 1.14 bits per heavy atom. The molecule has 1 N–H and O–H groups in total. The van der Waals surface area contributed by atoms with Gasteiger partial charge in [0, 0.05) is 32.4 Å². The zero-order valence-corrected chi connectivity index (χ0v) is 15.4. The van der Waals surface area contributed by atoms with Crippen LogP contribution in [0.25, 0.3) is 11.1 Å². The highest BCUT2D eigenvalue weighted by molar-refractivity contribution is 5.77. The van der Waals surface area contributed by atoms with E-state index >= 15 is 0 Å². The molecule has 142 valence electrons. The van der Waals surface area contributed by atoms with Gasteiger partial charge in [0.1, 0.15) is 11.9 Å². The molecule has 7 heteroatoms. The molecule has 0 bridgehead atoms. The summed E-state index contributed by atoms with van der Waals surface area (Å²) in [6.07, 6.45) is 3.69. The van der Waals surface area contributed by atoms with Crippen molar-refractivity contribution in [1.29, 1.82) is 0 Å². The van der Waals surface area contributed by atoms with Crippen molar-refractivity contribution in [3.05, 3.63) is 88.9 Å². The first-order valence-electron chi connectivity index (χ1n) is 9.03. The molecule has 0 spiro atoms. The van der Waals surface area contributed by atoms with Crippen molar-refractivity contribution >= 4 is 17.0 Å². The van der Waals surface area contributed by atoms with E-state index in [1.807, 2.05) is 54.2 Å². The monoisotopic (exact) mass is 376 g/mol. The molecule has 0 fully saturated rings. The van der Waals surface area contributed by atoms with Gasteiger partial charge in [0.05, 0.1) is 5.52 Å². The second-order valence-electron chi connectivity index (χ2n) is 6.54. The average Bonchev–Trinajstić information content (AvgIpc) is 3.27. The molecule has 1 amide bonds. The third-order valence-corrected chi connectivity index (χ3v) is 4.69. The molecule has 0 saturated carbocycles. The zero-order chi connectivity index (χ0) is 19.5. The van der Waals surface area contributed by atoms with Crippen molar-refractivity contribution in [1.82, 2.24) is 19.4 Å². The standard InChI is InChI=1S/C21H20N4O3/c1-24-14-12-22-20(24)19(15-7-3-2-4-8-15)23-18(26)11-13-25-16-9-5-6-10-17(16)28-21(25)27/h2-10,12,14,19H,11,13H2,1H3,(H,23,26). The minimum atomic E-state index is -0.460. The van der Waals surface area contributed by atoms with Gasteiger partial charge >= 0.3 is 5.76 Å². The molecule has 2 aromatic heterocycles. The maximum atomic E-state index is 12.7. The van der Waals surface area contributed by atoms with Crippen LogP contribution < -0.4 is 11.1 Å². The number of benzene rings is 2. The fourth-order valence-electron chi connectivity index (χ4n) is 3.27. The minimum Gasteiger partial charge on any atom is -0.408 e. The zero-order valence-electron chi connectivity index (χ0n) is 15.4. The van der Waals surface area contributed by atoms with Crippen LogP contribution in [-0.2, 0) is 18.4 Å². The van der Waals surface area contributed by atoms with Crippen LogP contribution in [0.15, 0.2) is 76.2 Å². The van der Waals surface area contributed by atoms with Gasteiger partial charge in [0.2, 0.25) is 5.91 Å². The first-order valence-corrected chi connectivity index (χ1v) is 9.03. The molecule has 7 nitrogen and oxygen atoms in total. The Morgan fingerprint density at radius 2 is 1.89 bits per heavy atom. The lowest BCUT2D eigenvalue weighted by atomic mass is 10.1. The first kappa shape index (κ1) is 17.8. The normalized spacial score (nSPS) is 12.2. The van der Waals surface area contributed by atoms with Gasteiger partial charge in [-0.2, -0.15) is 0 Å². The summed E-state index contributed by atoms with van der Waals surface area (Å²) in [5.41, 5.74) is 2.14. The fraction of sp³-hybridized carbons (Fsp3) is 0.190. The number of oxazole rings is 1. The summed E-state index contributed by atoms with van der Waals surface area (Å²) in [7, 11) is 1.89. The maximum Gasteiger partial charge on any atom is 0.419 e. The number of aromatic nitrogens is 3. The Kier molecular flexibility index (Phi) is 4.80. The van der Waals surface area contributed by atoms with E-state index in [-0.39, 0.29) is 24.9 Å². The predicted molar refractivity (Wildman–Crippen MR) is 105 cm³/mol. The Morgan fingerprint density at radius 3 is 2.64 bits per heavy atom. The lowest BCUT2D eigenvalue weighted by Crippen LogP contribution is -2.32. The van der Waals surface area contributed by atoms with E-state index in [0.29, 0.717) is 11.1 Å². The number of hydrogen-bond acceptors (Lipinski definition) is 4. The molecule has 2 aromatic carbocycles. The summed E-state index contributed by atoms with van der Waals surface area (Å²) >= 11 is 0. The van der Waals surface area contributed by atoms with Crippen LogP contribution in [0.1, 0.15) is 23.9 Å². The molecular weight excluding hydrogens is 356 g/mol. The fourth-order valence-corrected chi connectivity index (χ4v) is 3.27.